The number of aliphatic hydroxyl groups is 1. The Balaban J connectivity index is 2.16. The molecule has 2 N–H and O–H groups in total. The first-order valence-corrected chi connectivity index (χ1v) is 8.66. The number of halogens is 1. The van der Waals surface area contributed by atoms with Gasteiger partial charge in [0.25, 0.3) is 0 Å². The third kappa shape index (κ3) is 4.39. The van der Waals surface area contributed by atoms with Crippen LogP contribution in [0.15, 0.2) is 18.2 Å². The molecule has 0 spiro atoms. The van der Waals surface area contributed by atoms with Gasteiger partial charge in [-0.2, -0.15) is 0 Å². The highest BCUT2D eigenvalue weighted by Crippen LogP contribution is 2.25. The number of rotatable bonds is 5. The highest BCUT2D eigenvalue weighted by molar-refractivity contribution is 7.91. The quantitative estimate of drug-likeness (QED) is 0.842. The Bertz CT molecular complexity index is 603. The largest absolute Gasteiger partial charge is 0.486 e. The molecule has 118 valence electrons. The highest BCUT2D eigenvalue weighted by Gasteiger charge is 2.38. The van der Waals surface area contributed by atoms with Crippen molar-refractivity contribution in [3.05, 3.63) is 29.6 Å². The Morgan fingerprint density at radius 1 is 1.43 bits per heavy atom. The Kier molecular flexibility index (Phi) is 4.85. The molecule has 2 atom stereocenters. The van der Waals surface area contributed by atoms with Gasteiger partial charge in [0, 0.05) is 18.2 Å². The summed E-state index contributed by atoms with van der Waals surface area (Å²) in [4.78, 5) is 0. The second-order valence-corrected chi connectivity index (χ2v) is 7.74. The van der Waals surface area contributed by atoms with Crippen LogP contribution < -0.4 is 10.1 Å². The molecule has 0 amide bonds. The first-order valence-electron chi connectivity index (χ1n) is 6.84. The van der Waals surface area contributed by atoms with Crippen LogP contribution in [-0.4, -0.2) is 43.3 Å². The van der Waals surface area contributed by atoms with Crippen LogP contribution in [-0.2, 0) is 16.4 Å². The molecule has 0 saturated carbocycles. The minimum absolute atomic E-state index is 0.220. The van der Waals surface area contributed by atoms with E-state index in [0.717, 1.165) is 0 Å². The zero-order chi connectivity index (χ0) is 15.6. The van der Waals surface area contributed by atoms with Crippen molar-refractivity contribution in [3.8, 4) is 5.75 Å². The maximum absolute atomic E-state index is 13.4. The Morgan fingerprint density at radius 2 is 2.14 bits per heavy atom. The lowest BCUT2D eigenvalue weighted by Crippen LogP contribution is -2.30. The van der Waals surface area contributed by atoms with Crippen molar-refractivity contribution in [3.63, 3.8) is 0 Å². The molecule has 1 aliphatic heterocycles. The van der Waals surface area contributed by atoms with Gasteiger partial charge in [0.15, 0.2) is 9.84 Å². The molecule has 7 heteroatoms. The van der Waals surface area contributed by atoms with Crippen molar-refractivity contribution in [2.24, 2.45) is 0 Å². The molecule has 1 saturated heterocycles. The summed E-state index contributed by atoms with van der Waals surface area (Å²) in [6.45, 7) is 4.33. The molecule has 0 bridgehead atoms. The lowest BCUT2D eigenvalue weighted by molar-refractivity contribution is 0.0730. The maximum Gasteiger partial charge on any atom is 0.156 e. The van der Waals surface area contributed by atoms with Crippen molar-refractivity contribution in [1.29, 1.82) is 0 Å². The topological polar surface area (TPSA) is 75.6 Å². The molecule has 5 nitrogen and oxygen atoms in total. The van der Waals surface area contributed by atoms with Gasteiger partial charge in [-0.1, -0.05) is 13.8 Å². The molecule has 2 unspecified atom stereocenters. The first kappa shape index (κ1) is 16.2. The first-order chi connectivity index (χ1) is 9.77. The van der Waals surface area contributed by atoms with E-state index in [1.165, 1.54) is 18.2 Å². The summed E-state index contributed by atoms with van der Waals surface area (Å²) in [7, 11) is -3.28. The zero-order valence-corrected chi connectivity index (χ0v) is 12.9. The molecular weight excluding hydrogens is 297 g/mol. The number of aliphatic hydroxyl groups excluding tert-OH is 1. The predicted molar refractivity (Wildman–Crippen MR) is 77.5 cm³/mol. The third-order valence-corrected chi connectivity index (χ3v) is 4.96. The summed E-state index contributed by atoms with van der Waals surface area (Å²) in [6, 6.07) is 4.29. The third-order valence-electron chi connectivity index (χ3n) is 3.27. The molecule has 1 fully saturated rings. The summed E-state index contributed by atoms with van der Waals surface area (Å²) in [6.07, 6.45) is -1.86. The summed E-state index contributed by atoms with van der Waals surface area (Å²) in [5.74, 6) is -0.505. The van der Waals surface area contributed by atoms with Gasteiger partial charge in [-0.25, -0.2) is 12.8 Å². The molecule has 1 heterocycles. The minimum Gasteiger partial charge on any atom is -0.486 e. The second kappa shape index (κ2) is 6.29. The fourth-order valence-corrected chi connectivity index (χ4v) is 3.85. The van der Waals surface area contributed by atoms with E-state index in [2.05, 4.69) is 5.32 Å². The minimum atomic E-state index is -3.28. The van der Waals surface area contributed by atoms with E-state index in [4.69, 9.17) is 4.74 Å². The fourth-order valence-electron chi connectivity index (χ4n) is 2.19. The van der Waals surface area contributed by atoms with Gasteiger partial charge in [0.2, 0.25) is 0 Å². The number of ether oxygens (including phenoxy) is 1. The Hall–Kier alpha value is -1.18. The zero-order valence-electron chi connectivity index (χ0n) is 12.0. The maximum atomic E-state index is 13.4. The Labute approximate surface area is 124 Å². The van der Waals surface area contributed by atoms with E-state index in [1.54, 1.807) is 0 Å². The van der Waals surface area contributed by atoms with Gasteiger partial charge in [0.1, 0.15) is 23.8 Å². The van der Waals surface area contributed by atoms with Crippen LogP contribution in [0.3, 0.4) is 0 Å². The number of hydrogen-bond acceptors (Lipinski definition) is 5. The van der Waals surface area contributed by atoms with E-state index >= 15 is 0 Å². The molecule has 21 heavy (non-hydrogen) atoms. The van der Waals surface area contributed by atoms with Crippen molar-refractivity contribution >= 4 is 9.84 Å². The van der Waals surface area contributed by atoms with Crippen LogP contribution in [0, 0.1) is 5.82 Å². The average Bonchev–Trinajstić information content (AvgIpc) is 2.62. The molecule has 0 aromatic heterocycles. The average molecular weight is 317 g/mol. The summed E-state index contributed by atoms with van der Waals surface area (Å²) in [5, 5.41) is 12.9. The molecule has 1 aliphatic rings. The van der Waals surface area contributed by atoms with Gasteiger partial charge in [-0.05, 0) is 18.2 Å². The van der Waals surface area contributed by atoms with Gasteiger partial charge >= 0.3 is 0 Å². The van der Waals surface area contributed by atoms with Crippen molar-refractivity contribution in [2.45, 2.75) is 38.6 Å². The van der Waals surface area contributed by atoms with Crippen LogP contribution in [0.2, 0.25) is 0 Å². The molecule has 1 aromatic carbocycles. The lowest BCUT2D eigenvalue weighted by Gasteiger charge is -2.19. The number of hydrogen-bond donors (Lipinski definition) is 2. The molecule has 1 aromatic rings. The van der Waals surface area contributed by atoms with Crippen LogP contribution in [0.5, 0.6) is 5.75 Å². The Morgan fingerprint density at radius 3 is 2.71 bits per heavy atom. The fraction of sp³-hybridized carbons (Fsp3) is 0.571. The number of nitrogens with one attached hydrogen (secondary N) is 1. The van der Waals surface area contributed by atoms with Crippen molar-refractivity contribution < 1.29 is 22.7 Å². The van der Waals surface area contributed by atoms with Crippen LogP contribution in [0.1, 0.15) is 19.4 Å². The predicted octanol–water partition coefficient (Wildman–Crippen LogP) is 0.860. The van der Waals surface area contributed by atoms with E-state index in [9.17, 15) is 17.9 Å². The highest BCUT2D eigenvalue weighted by atomic mass is 32.2. The molecule has 0 aliphatic carbocycles. The summed E-state index contributed by atoms with van der Waals surface area (Å²) in [5.41, 5.74) is 0.597. The lowest BCUT2D eigenvalue weighted by atomic mass is 10.1. The van der Waals surface area contributed by atoms with Gasteiger partial charge in [0.05, 0.1) is 11.5 Å². The van der Waals surface area contributed by atoms with Crippen LogP contribution in [0.4, 0.5) is 4.39 Å². The standard InChI is InChI=1S/C14H20FNO4S/c1-9(2)16-6-10-5-11(15)3-4-13(10)20-14-8-21(18,19)7-12(14)17/h3-5,9,12,14,16-17H,6-8H2,1-2H3. The number of benzene rings is 1. The van der Waals surface area contributed by atoms with E-state index in [-0.39, 0.29) is 23.4 Å². The van der Waals surface area contributed by atoms with Gasteiger partial charge in [-0.3, -0.25) is 0 Å². The van der Waals surface area contributed by atoms with E-state index < -0.39 is 22.0 Å². The number of sulfone groups is 1. The van der Waals surface area contributed by atoms with E-state index in [1.807, 2.05) is 13.8 Å². The molecule has 0 radical (unpaired) electrons. The van der Waals surface area contributed by atoms with Crippen LogP contribution in [0.25, 0.3) is 0 Å². The van der Waals surface area contributed by atoms with Crippen molar-refractivity contribution in [1.82, 2.24) is 5.32 Å². The van der Waals surface area contributed by atoms with E-state index in [0.29, 0.717) is 17.9 Å². The normalized spacial score (nSPS) is 24.4. The van der Waals surface area contributed by atoms with Gasteiger partial charge in [-0.15, -0.1) is 0 Å². The summed E-state index contributed by atoms with van der Waals surface area (Å²) >= 11 is 0. The monoisotopic (exact) mass is 317 g/mol. The van der Waals surface area contributed by atoms with Gasteiger partial charge < -0.3 is 15.2 Å². The van der Waals surface area contributed by atoms with Crippen molar-refractivity contribution in [2.75, 3.05) is 11.5 Å². The van der Waals surface area contributed by atoms with Crippen LogP contribution >= 0.6 is 0 Å². The summed E-state index contributed by atoms with van der Waals surface area (Å²) < 4.78 is 41.9. The SMILES string of the molecule is CC(C)NCc1cc(F)ccc1OC1CS(=O)(=O)CC1O. The second-order valence-electron chi connectivity index (χ2n) is 5.59. The molecule has 2 rings (SSSR count). The smallest absolute Gasteiger partial charge is 0.156 e. The molecular formula is C14H20FNO4S.